The summed E-state index contributed by atoms with van der Waals surface area (Å²) in [5.41, 5.74) is 3.60. The number of thioether (sulfide) groups is 1. The van der Waals surface area contributed by atoms with Crippen LogP contribution in [0.2, 0.25) is 10.0 Å². The van der Waals surface area contributed by atoms with Crippen LogP contribution >= 0.6 is 46.3 Å². The maximum Gasteiger partial charge on any atom is 0.226 e. The maximum absolute atomic E-state index is 12.2. The van der Waals surface area contributed by atoms with E-state index in [1.54, 1.807) is 17.8 Å². The summed E-state index contributed by atoms with van der Waals surface area (Å²) in [6, 6.07) is 13.2. The SMILES string of the molecule is O=C(Cc1csc(SCc2ccc(Cl)cc2Cl)n1)NCc1nc2ccccc2[nH]1. The fourth-order valence-corrected chi connectivity index (χ4v) is 5.12. The normalized spacial score (nSPS) is 11.1. The van der Waals surface area contributed by atoms with E-state index in [0.29, 0.717) is 22.3 Å². The highest BCUT2D eigenvalue weighted by Crippen LogP contribution is 2.30. The molecule has 2 heterocycles. The van der Waals surface area contributed by atoms with Crippen molar-refractivity contribution in [1.82, 2.24) is 20.3 Å². The van der Waals surface area contributed by atoms with Gasteiger partial charge in [-0.1, -0.05) is 53.2 Å². The number of amides is 1. The van der Waals surface area contributed by atoms with Gasteiger partial charge in [-0.25, -0.2) is 9.97 Å². The van der Waals surface area contributed by atoms with Gasteiger partial charge in [0.1, 0.15) is 10.2 Å². The lowest BCUT2D eigenvalue weighted by Crippen LogP contribution is -2.25. The Morgan fingerprint density at radius 2 is 2.03 bits per heavy atom. The quantitative estimate of drug-likeness (QED) is 0.356. The third-order valence-electron chi connectivity index (χ3n) is 4.13. The van der Waals surface area contributed by atoms with Crippen LogP contribution in [0.15, 0.2) is 52.2 Å². The van der Waals surface area contributed by atoms with Crippen LogP contribution in [0.1, 0.15) is 17.1 Å². The summed E-state index contributed by atoms with van der Waals surface area (Å²) < 4.78 is 0.899. The average molecular weight is 463 g/mol. The fourth-order valence-electron chi connectivity index (χ4n) is 2.71. The second-order valence-corrected chi connectivity index (χ2v) is 9.21. The maximum atomic E-state index is 12.2. The van der Waals surface area contributed by atoms with Gasteiger partial charge >= 0.3 is 0 Å². The highest BCUT2D eigenvalue weighted by atomic mass is 35.5. The Balaban J connectivity index is 1.28. The van der Waals surface area contributed by atoms with Gasteiger partial charge in [0.2, 0.25) is 5.91 Å². The Bertz CT molecular complexity index is 1130. The summed E-state index contributed by atoms with van der Waals surface area (Å²) in [6.45, 7) is 0.355. The van der Waals surface area contributed by atoms with Gasteiger partial charge < -0.3 is 10.3 Å². The number of nitrogens with zero attached hydrogens (tertiary/aromatic N) is 2. The molecule has 0 fully saturated rings. The van der Waals surface area contributed by atoms with Crippen molar-refractivity contribution in [1.29, 1.82) is 0 Å². The molecule has 2 N–H and O–H groups in total. The van der Waals surface area contributed by atoms with E-state index in [4.69, 9.17) is 23.2 Å². The van der Waals surface area contributed by atoms with Gasteiger partial charge in [0.25, 0.3) is 0 Å². The molecule has 0 saturated carbocycles. The third-order valence-corrected chi connectivity index (χ3v) is 6.84. The van der Waals surface area contributed by atoms with Gasteiger partial charge in [0.05, 0.1) is 29.7 Å². The van der Waals surface area contributed by atoms with Crippen LogP contribution < -0.4 is 5.32 Å². The lowest BCUT2D eigenvalue weighted by Gasteiger charge is -2.03. The smallest absolute Gasteiger partial charge is 0.226 e. The molecule has 0 atom stereocenters. The summed E-state index contributed by atoms with van der Waals surface area (Å²) in [7, 11) is 0. The van der Waals surface area contributed by atoms with E-state index in [9.17, 15) is 4.79 Å². The number of thiazole rings is 1. The van der Waals surface area contributed by atoms with Crippen molar-refractivity contribution in [2.24, 2.45) is 0 Å². The van der Waals surface area contributed by atoms with Crippen LogP contribution in [-0.2, 0) is 23.5 Å². The number of para-hydroxylation sites is 2. The van der Waals surface area contributed by atoms with Gasteiger partial charge in [-0.05, 0) is 29.8 Å². The lowest BCUT2D eigenvalue weighted by molar-refractivity contribution is -0.120. The van der Waals surface area contributed by atoms with E-state index in [1.807, 2.05) is 41.8 Å². The van der Waals surface area contributed by atoms with Crippen molar-refractivity contribution in [2.45, 2.75) is 23.1 Å². The van der Waals surface area contributed by atoms with Crippen LogP contribution in [0.5, 0.6) is 0 Å². The van der Waals surface area contributed by atoms with Crippen molar-refractivity contribution in [2.75, 3.05) is 0 Å². The molecule has 5 nitrogen and oxygen atoms in total. The van der Waals surface area contributed by atoms with Crippen molar-refractivity contribution in [3.05, 3.63) is 75.0 Å². The number of carbonyl (C=O) groups is 1. The number of aromatic nitrogens is 3. The number of aromatic amines is 1. The van der Waals surface area contributed by atoms with Crippen molar-refractivity contribution < 1.29 is 4.79 Å². The first-order valence-corrected chi connectivity index (χ1v) is 11.4. The number of H-pyrrole nitrogens is 1. The molecule has 0 aliphatic rings. The summed E-state index contributed by atoms with van der Waals surface area (Å²) in [6.07, 6.45) is 0.235. The first-order valence-electron chi connectivity index (χ1n) is 8.78. The van der Waals surface area contributed by atoms with Gasteiger partial charge in [-0.3, -0.25) is 4.79 Å². The molecule has 29 heavy (non-hydrogen) atoms. The van der Waals surface area contributed by atoms with E-state index in [1.165, 1.54) is 11.3 Å². The molecule has 0 unspecified atom stereocenters. The molecular formula is C20H16Cl2N4OS2. The zero-order chi connectivity index (χ0) is 20.2. The number of carbonyl (C=O) groups excluding carboxylic acids is 1. The number of hydrogen-bond donors (Lipinski definition) is 2. The number of fused-ring (bicyclic) bond motifs is 1. The van der Waals surface area contributed by atoms with Gasteiger partial charge in [0, 0.05) is 21.2 Å². The number of nitrogens with one attached hydrogen (secondary N) is 2. The van der Waals surface area contributed by atoms with Crippen molar-refractivity contribution in [3.8, 4) is 0 Å². The Morgan fingerprint density at radius 3 is 2.86 bits per heavy atom. The van der Waals surface area contributed by atoms with Gasteiger partial charge in [-0.15, -0.1) is 11.3 Å². The summed E-state index contributed by atoms with van der Waals surface area (Å²) in [5, 5.41) is 6.06. The summed E-state index contributed by atoms with van der Waals surface area (Å²) in [4.78, 5) is 24.4. The molecule has 0 saturated heterocycles. The second kappa shape index (κ2) is 9.17. The van der Waals surface area contributed by atoms with Crippen molar-refractivity contribution in [3.63, 3.8) is 0 Å². The second-order valence-electron chi connectivity index (χ2n) is 6.28. The van der Waals surface area contributed by atoms with Gasteiger partial charge in [-0.2, -0.15) is 0 Å². The Hall–Kier alpha value is -2.06. The summed E-state index contributed by atoms with van der Waals surface area (Å²) >= 11 is 15.2. The molecule has 0 spiro atoms. The predicted molar refractivity (Wildman–Crippen MR) is 120 cm³/mol. The molecule has 148 valence electrons. The molecule has 4 rings (SSSR count). The topological polar surface area (TPSA) is 70.7 Å². The number of halogens is 2. The van der Waals surface area contributed by atoms with E-state index in [-0.39, 0.29) is 12.3 Å². The molecule has 0 aliphatic carbocycles. The minimum absolute atomic E-state index is 0.0898. The van der Waals surface area contributed by atoms with Crippen LogP contribution in [0.3, 0.4) is 0 Å². The molecule has 0 bridgehead atoms. The van der Waals surface area contributed by atoms with E-state index in [0.717, 1.165) is 32.5 Å². The summed E-state index contributed by atoms with van der Waals surface area (Å²) in [5.74, 6) is 1.34. The van der Waals surface area contributed by atoms with Crippen molar-refractivity contribution >= 4 is 63.2 Å². The molecule has 1 amide bonds. The van der Waals surface area contributed by atoms with Crippen LogP contribution in [-0.4, -0.2) is 20.9 Å². The standard InChI is InChI=1S/C20H16Cl2N4OS2/c21-13-6-5-12(15(22)7-13)10-28-20-24-14(11-29-20)8-19(27)23-9-18-25-16-3-1-2-4-17(16)26-18/h1-7,11H,8-10H2,(H,23,27)(H,25,26). The lowest BCUT2D eigenvalue weighted by atomic mass is 10.2. The molecule has 0 radical (unpaired) electrons. The molecule has 0 aliphatic heterocycles. The molecule has 2 aromatic carbocycles. The number of hydrogen-bond acceptors (Lipinski definition) is 5. The largest absolute Gasteiger partial charge is 0.349 e. The predicted octanol–water partition coefficient (Wildman–Crippen LogP) is 5.48. The number of imidazole rings is 1. The zero-order valence-corrected chi connectivity index (χ0v) is 18.3. The molecular weight excluding hydrogens is 447 g/mol. The minimum Gasteiger partial charge on any atom is -0.349 e. The fraction of sp³-hybridized carbons (Fsp3) is 0.150. The van der Waals surface area contributed by atoms with Crippen LogP contribution in [0.4, 0.5) is 0 Å². The molecule has 2 aromatic heterocycles. The van der Waals surface area contributed by atoms with Gasteiger partial charge in [0.15, 0.2) is 0 Å². The highest BCUT2D eigenvalue weighted by molar-refractivity contribution is 8.00. The van der Waals surface area contributed by atoms with E-state index < -0.39 is 0 Å². The third kappa shape index (κ3) is 5.30. The number of benzene rings is 2. The average Bonchev–Trinajstić information content (AvgIpc) is 3.32. The first kappa shape index (κ1) is 20.2. The Morgan fingerprint density at radius 1 is 1.17 bits per heavy atom. The first-order chi connectivity index (χ1) is 14.1. The van der Waals surface area contributed by atoms with Crippen LogP contribution in [0.25, 0.3) is 11.0 Å². The minimum atomic E-state index is -0.0898. The molecule has 9 heteroatoms. The Labute approximate surface area is 185 Å². The van der Waals surface area contributed by atoms with E-state index in [2.05, 4.69) is 20.3 Å². The highest BCUT2D eigenvalue weighted by Gasteiger charge is 2.10. The van der Waals surface area contributed by atoms with E-state index >= 15 is 0 Å². The monoisotopic (exact) mass is 462 g/mol. The zero-order valence-electron chi connectivity index (χ0n) is 15.1. The van der Waals surface area contributed by atoms with Crippen LogP contribution in [0, 0.1) is 0 Å². The Kier molecular flexibility index (Phi) is 6.40. The number of rotatable bonds is 7. The molecule has 4 aromatic rings.